The summed E-state index contributed by atoms with van der Waals surface area (Å²) < 4.78 is 0. The van der Waals surface area contributed by atoms with Crippen molar-refractivity contribution in [3.05, 3.63) is 24.0 Å². The van der Waals surface area contributed by atoms with Crippen LogP contribution in [0.3, 0.4) is 0 Å². The fourth-order valence-corrected chi connectivity index (χ4v) is 1.22. The molecule has 0 aliphatic rings. The smallest absolute Gasteiger partial charge is 0.272 e. The number of hydrogen-bond acceptors (Lipinski definition) is 4. The molecule has 0 aromatic carbocycles. The lowest BCUT2D eigenvalue weighted by Gasteiger charge is -2.33. The molecule has 0 unspecified atom stereocenters. The second-order valence-electron chi connectivity index (χ2n) is 4.52. The number of hydrogen-bond donors (Lipinski definition) is 2. The van der Waals surface area contributed by atoms with Crippen molar-refractivity contribution in [2.24, 2.45) is 0 Å². The molecule has 5 heteroatoms. The van der Waals surface area contributed by atoms with Gasteiger partial charge in [0.15, 0.2) is 0 Å². The summed E-state index contributed by atoms with van der Waals surface area (Å²) in [6.45, 7) is 3.50. The molecule has 0 bridgehead atoms. The van der Waals surface area contributed by atoms with Gasteiger partial charge in [0, 0.05) is 14.1 Å². The number of nitrogens with one attached hydrogen (secondary N) is 1. The van der Waals surface area contributed by atoms with Crippen molar-refractivity contribution < 1.29 is 9.90 Å². The zero-order valence-electron chi connectivity index (χ0n) is 10.7. The average molecular weight is 237 g/mol. The number of aliphatic hydroxyl groups excluding tert-OH is 1. The molecule has 5 nitrogen and oxygen atoms in total. The molecule has 0 aliphatic heterocycles. The molecule has 0 fully saturated rings. The van der Waals surface area contributed by atoms with Crippen molar-refractivity contribution in [3.63, 3.8) is 0 Å². The highest BCUT2D eigenvalue weighted by molar-refractivity contribution is 5.92. The van der Waals surface area contributed by atoms with Crippen molar-refractivity contribution in [1.82, 2.24) is 9.88 Å². The summed E-state index contributed by atoms with van der Waals surface area (Å²) in [7, 11) is 3.45. The Morgan fingerprint density at radius 3 is 2.59 bits per heavy atom. The van der Waals surface area contributed by atoms with E-state index >= 15 is 0 Å². The fourth-order valence-electron chi connectivity index (χ4n) is 1.22. The van der Waals surface area contributed by atoms with Crippen LogP contribution in [-0.2, 0) is 0 Å². The molecule has 0 aliphatic carbocycles. The lowest BCUT2D eigenvalue weighted by Crippen LogP contribution is -2.47. The first kappa shape index (κ1) is 13.4. The topological polar surface area (TPSA) is 65.5 Å². The Hall–Kier alpha value is -1.62. The Bertz CT molecular complexity index is 387. The number of aliphatic hydroxyl groups is 1. The minimum atomic E-state index is -0.597. The highest BCUT2D eigenvalue weighted by Gasteiger charge is 2.28. The third-order valence-corrected chi connectivity index (χ3v) is 2.87. The Kier molecular flexibility index (Phi) is 4.07. The lowest BCUT2D eigenvalue weighted by atomic mass is 10.0. The number of aromatic nitrogens is 1. The molecular formula is C12H19N3O2. The summed E-state index contributed by atoms with van der Waals surface area (Å²) in [5.41, 5.74) is 0.624. The van der Waals surface area contributed by atoms with Gasteiger partial charge in [-0.25, -0.2) is 4.98 Å². The van der Waals surface area contributed by atoms with Gasteiger partial charge in [-0.3, -0.25) is 4.79 Å². The molecule has 1 aromatic rings. The highest BCUT2D eigenvalue weighted by Crippen LogP contribution is 2.15. The van der Waals surface area contributed by atoms with Gasteiger partial charge in [0.2, 0.25) is 0 Å². The number of nitrogens with zero attached hydrogens (tertiary/aromatic N) is 2. The first-order chi connectivity index (χ1) is 7.92. The molecule has 1 rings (SSSR count). The van der Waals surface area contributed by atoms with E-state index in [0.29, 0.717) is 5.69 Å². The van der Waals surface area contributed by atoms with Gasteiger partial charge in [-0.1, -0.05) is 0 Å². The van der Waals surface area contributed by atoms with E-state index in [1.807, 2.05) is 0 Å². The van der Waals surface area contributed by atoms with E-state index in [2.05, 4.69) is 10.3 Å². The normalized spacial score (nSPS) is 11.1. The van der Waals surface area contributed by atoms with Gasteiger partial charge in [0.05, 0.1) is 24.0 Å². The number of amides is 1. The van der Waals surface area contributed by atoms with Crippen molar-refractivity contribution in [2.45, 2.75) is 19.4 Å². The maximum atomic E-state index is 12.1. The molecule has 17 heavy (non-hydrogen) atoms. The Labute approximate surface area is 101 Å². The van der Waals surface area contributed by atoms with Gasteiger partial charge < -0.3 is 15.3 Å². The SMILES string of the molecule is CNc1ccc(C(=O)N(C)C(C)(C)CO)nc1. The van der Waals surface area contributed by atoms with Crippen LogP contribution >= 0.6 is 0 Å². The van der Waals surface area contributed by atoms with Crippen LogP contribution in [0.15, 0.2) is 18.3 Å². The van der Waals surface area contributed by atoms with E-state index in [0.717, 1.165) is 5.69 Å². The van der Waals surface area contributed by atoms with E-state index < -0.39 is 5.54 Å². The molecule has 1 amide bonds. The second-order valence-corrected chi connectivity index (χ2v) is 4.52. The van der Waals surface area contributed by atoms with E-state index in [1.54, 1.807) is 46.3 Å². The summed E-state index contributed by atoms with van der Waals surface area (Å²) in [6.07, 6.45) is 1.60. The van der Waals surface area contributed by atoms with Gasteiger partial charge in [0.1, 0.15) is 5.69 Å². The summed E-state index contributed by atoms with van der Waals surface area (Å²) in [5.74, 6) is -0.202. The number of carbonyl (C=O) groups is 1. The van der Waals surface area contributed by atoms with Gasteiger partial charge in [0.25, 0.3) is 5.91 Å². The zero-order chi connectivity index (χ0) is 13.1. The molecule has 0 spiro atoms. The first-order valence-electron chi connectivity index (χ1n) is 5.45. The third-order valence-electron chi connectivity index (χ3n) is 2.87. The Balaban J connectivity index is 2.89. The number of likely N-dealkylation sites (N-methyl/N-ethyl adjacent to an activating group) is 1. The van der Waals surface area contributed by atoms with Crippen LogP contribution in [0.1, 0.15) is 24.3 Å². The van der Waals surface area contributed by atoms with Crippen LogP contribution < -0.4 is 5.32 Å². The summed E-state index contributed by atoms with van der Waals surface area (Å²) >= 11 is 0. The minimum Gasteiger partial charge on any atom is -0.394 e. The fraction of sp³-hybridized carbons (Fsp3) is 0.500. The quantitative estimate of drug-likeness (QED) is 0.819. The summed E-state index contributed by atoms with van der Waals surface area (Å²) in [6, 6.07) is 3.46. The van der Waals surface area contributed by atoms with Gasteiger partial charge in [-0.15, -0.1) is 0 Å². The maximum absolute atomic E-state index is 12.1. The van der Waals surface area contributed by atoms with Crippen LogP contribution in [0.25, 0.3) is 0 Å². The summed E-state index contributed by atoms with van der Waals surface area (Å²) in [4.78, 5) is 17.7. The predicted octanol–water partition coefficient (Wildman–Crippen LogP) is 0.966. The molecule has 1 heterocycles. The van der Waals surface area contributed by atoms with Gasteiger partial charge >= 0.3 is 0 Å². The van der Waals surface area contributed by atoms with E-state index in [4.69, 9.17) is 0 Å². The first-order valence-corrected chi connectivity index (χ1v) is 5.45. The average Bonchev–Trinajstić information content (AvgIpc) is 2.37. The number of rotatable bonds is 4. The van der Waals surface area contributed by atoms with Gasteiger partial charge in [-0.2, -0.15) is 0 Å². The summed E-state index contributed by atoms with van der Waals surface area (Å²) in [5, 5.41) is 12.2. The highest BCUT2D eigenvalue weighted by atomic mass is 16.3. The molecule has 0 atom stereocenters. The molecule has 2 N–H and O–H groups in total. The number of carbonyl (C=O) groups excluding carboxylic acids is 1. The van der Waals surface area contributed by atoms with Crippen molar-refractivity contribution in [3.8, 4) is 0 Å². The predicted molar refractivity (Wildman–Crippen MR) is 67.0 cm³/mol. The Morgan fingerprint density at radius 2 is 2.18 bits per heavy atom. The van der Waals surface area contributed by atoms with Crippen LogP contribution in [0.5, 0.6) is 0 Å². The monoisotopic (exact) mass is 237 g/mol. The molecule has 0 saturated carbocycles. The molecule has 0 saturated heterocycles. The minimum absolute atomic E-state index is 0.0934. The van der Waals surface area contributed by atoms with E-state index in [1.165, 1.54) is 4.90 Å². The zero-order valence-corrected chi connectivity index (χ0v) is 10.7. The van der Waals surface area contributed by atoms with E-state index in [-0.39, 0.29) is 12.5 Å². The second kappa shape index (κ2) is 5.14. The number of pyridine rings is 1. The van der Waals surface area contributed by atoms with Crippen LogP contribution in [0.2, 0.25) is 0 Å². The van der Waals surface area contributed by atoms with Crippen LogP contribution in [0, 0.1) is 0 Å². The maximum Gasteiger partial charge on any atom is 0.272 e. The van der Waals surface area contributed by atoms with Crippen molar-refractivity contribution in [1.29, 1.82) is 0 Å². The Morgan fingerprint density at radius 1 is 1.53 bits per heavy atom. The van der Waals surface area contributed by atoms with Crippen molar-refractivity contribution >= 4 is 11.6 Å². The van der Waals surface area contributed by atoms with Crippen LogP contribution in [0.4, 0.5) is 5.69 Å². The molecule has 0 radical (unpaired) electrons. The largest absolute Gasteiger partial charge is 0.394 e. The van der Waals surface area contributed by atoms with Crippen LogP contribution in [-0.4, -0.2) is 47.1 Å². The number of anilines is 1. The van der Waals surface area contributed by atoms with E-state index in [9.17, 15) is 9.90 Å². The molecule has 94 valence electrons. The van der Waals surface area contributed by atoms with Gasteiger partial charge in [-0.05, 0) is 26.0 Å². The van der Waals surface area contributed by atoms with Crippen molar-refractivity contribution in [2.75, 3.05) is 26.0 Å². The molecule has 1 aromatic heterocycles. The third kappa shape index (κ3) is 2.94. The molecular weight excluding hydrogens is 218 g/mol. The lowest BCUT2D eigenvalue weighted by molar-refractivity contribution is 0.0468. The standard InChI is InChI=1S/C12H19N3O2/c1-12(2,8-16)15(4)11(17)10-6-5-9(13-3)7-14-10/h5-7,13,16H,8H2,1-4H3.